The molecular formula is C10H13N5O. The molecule has 0 spiro atoms. The van der Waals surface area contributed by atoms with Crippen LogP contribution in [0.25, 0.3) is 11.2 Å². The van der Waals surface area contributed by atoms with Gasteiger partial charge in [0.05, 0.1) is 6.20 Å². The maximum Gasteiger partial charge on any atom is 0.251 e. The minimum Gasteiger partial charge on any atom is -0.425 e. The zero-order valence-electron chi connectivity index (χ0n) is 8.81. The van der Waals surface area contributed by atoms with Gasteiger partial charge >= 0.3 is 0 Å². The number of nitrogens with zero attached hydrogens (tertiary/aromatic N) is 3. The Morgan fingerprint density at radius 1 is 1.44 bits per heavy atom. The molecule has 0 amide bonds. The van der Waals surface area contributed by atoms with E-state index in [-0.39, 0.29) is 0 Å². The highest BCUT2D eigenvalue weighted by atomic mass is 16.3. The van der Waals surface area contributed by atoms with Gasteiger partial charge in [0, 0.05) is 12.6 Å². The fourth-order valence-electron chi connectivity index (χ4n) is 1.90. The van der Waals surface area contributed by atoms with Gasteiger partial charge in [0.15, 0.2) is 6.39 Å². The molecule has 1 aliphatic heterocycles. The van der Waals surface area contributed by atoms with E-state index >= 15 is 0 Å². The lowest BCUT2D eigenvalue weighted by Gasteiger charge is -2.23. The molecule has 2 N–H and O–H groups in total. The third-order valence-electron chi connectivity index (χ3n) is 2.72. The molecule has 0 bridgehead atoms. The van der Waals surface area contributed by atoms with Crippen molar-refractivity contribution in [1.82, 2.24) is 20.3 Å². The first-order chi connectivity index (χ1) is 7.92. The van der Waals surface area contributed by atoms with Gasteiger partial charge in [-0.1, -0.05) is 0 Å². The zero-order chi connectivity index (χ0) is 10.8. The van der Waals surface area contributed by atoms with Gasteiger partial charge in [0.1, 0.15) is 5.52 Å². The van der Waals surface area contributed by atoms with Crippen molar-refractivity contribution in [3.05, 3.63) is 12.6 Å². The molecule has 1 aliphatic rings. The average molecular weight is 219 g/mol. The van der Waals surface area contributed by atoms with Gasteiger partial charge in [-0.05, 0) is 19.4 Å². The van der Waals surface area contributed by atoms with Crippen LogP contribution in [0.3, 0.4) is 0 Å². The monoisotopic (exact) mass is 219 g/mol. The SMILES string of the molecule is c1nc2cnc(NC3CCCNC3)nc2o1. The van der Waals surface area contributed by atoms with Crippen LogP contribution in [-0.4, -0.2) is 34.1 Å². The van der Waals surface area contributed by atoms with Crippen molar-refractivity contribution < 1.29 is 4.42 Å². The van der Waals surface area contributed by atoms with Crippen molar-refractivity contribution in [1.29, 1.82) is 0 Å². The van der Waals surface area contributed by atoms with E-state index in [2.05, 4.69) is 25.6 Å². The van der Waals surface area contributed by atoms with Gasteiger partial charge in [0.25, 0.3) is 5.71 Å². The Morgan fingerprint density at radius 2 is 2.44 bits per heavy atom. The van der Waals surface area contributed by atoms with Crippen molar-refractivity contribution in [2.45, 2.75) is 18.9 Å². The quantitative estimate of drug-likeness (QED) is 0.777. The van der Waals surface area contributed by atoms with Crippen LogP contribution in [-0.2, 0) is 0 Å². The molecular weight excluding hydrogens is 206 g/mol. The number of aromatic nitrogens is 3. The number of anilines is 1. The third kappa shape index (κ3) is 1.83. The standard InChI is InChI=1S/C10H13N5O/c1-2-7(4-11-3-1)14-10-12-5-8-9(15-10)16-6-13-8/h5-7,11H,1-4H2,(H,12,14,15). The van der Waals surface area contributed by atoms with Crippen LogP contribution in [0.4, 0.5) is 5.95 Å². The normalized spacial score (nSPS) is 21.1. The Labute approximate surface area is 92.5 Å². The van der Waals surface area contributed by atoms with Gasteiger partial charge in [-0.2, -0.15) is 4.98 Å². The minimum absolute atomic E-state index is 0.397. The molecule has 0 aromatic carbocycles. The Hall–Kier alpha value is -1.69. The van der Waals surface area contributed by atoms with E-state index in [1.54, 1.807) is 6.20 Å². The van der Waals surface area contributed by atoms with Crippen LogP contribution in [0.5, 0.6) is 0 Å². The van der Waals surface area contributed by atoms with Crippen LogP contribution >= 0.6 is 0 Å². The molecule has 0 aliphatic carbocycles. The smallest absolute Gasteiger partial charge is 0.251 e. The Balaban J connectivity index is 1.77. The van der Waals surface area contributed by atoms with Crippen molar-refractivity contribution >= 4 is 17.2 Å². The highest BCUT2D eigenvalue weighted by molar-refractivity contribution is 5.67. The first-order valence-corrected chi connectivity index (χ1v) is 5.45. The maximum absolute atomic E-state index is 5.13. The van der Waals surface area contributed by atoms with Crippen molar-refractivity contribution in [3.8, 4) is 0 Å². The van der Waals surface area contributed by atoms with E-state index in [0.29, 0.717) is 23.2 Å². The number of rotatable bonds is 2. The summed E-state index contributed by atoms with van der Waals surface area (Å²) in [6.45, 7) is 2.05. The lowest BCUT2D eigenvalue weighted by atomic mass is 10.1. The van der Waals surface area contributed by atoms with Gasteiger partial charge in [-0.25, -0.2) is 9.97 Å². The van der Waals surface area contributed by atoms with Crippen LogP contribution in [0.2, 0.25) is 0 Å². The molecule has 2 aromatic rings. The number of oxazole rings is 1. The molecule has 1 atom stereocenters. The summed E-state index contributed by atoms with van der Waals surface area (Å²) in [5, 5.41) is 6.62. The average Bonchev–Trinajstić information content (AvgIpc) is 2.77. The zero-order valence-corrected chi connectivity index (χ0v) is 8.81. The predicted octanol–water partition coefficient (Wildman–Crippen LogP) is 0.782. The molecule has 3 rings (SSSR count). The van der Waals surface area contributed by atoms with E-state index in [0.717, 1.165) is 19.5 Å². The predicted molar refractivity (Wildman–Crippen MR) is 59.1 cm³/mol. The second kappa shape index (κ2) is 4.05. The summed E-state index contributed by atoms with van der Waals surface area (Å²) >= 11 is 0. The Bertz CT molecular complexity index is 477. The van der Waals surface area contributed by atoms with Crippen molar-refractivity contribution in [2.24, 2.45) is 0 Å². The fourth-order valence-corrected chi connectivity index (χ4v) is 1.90. The molecule has 16 heavy (non-hydrogen) atoms. The molecule has 6 nitrogen and oxygen atoms in total. The molecule has 0 saturated carbocycles. The van der Waals surface area contributed by atoms with Crippen LogP contribution < -0.4 is 10.6 Å². The van der Waals surface area contributed by atoms with E-state index < -0.39 is 0 Å². The highest BCUT2D eigenvalue weighted by Gasteiger charge is 2.14. The van der Waals surface area contributed by atoms with E-state index in [9.17, 15) is 0 Å². The number of fused-ring (bicyclic) bond motifs is 1. The van der Waals surface area contributed by atoms with Gasteiger partial charge in [-0.15, -0.1) is 0 Å². The highest BCUT2D eigenvalue weighted by Crippen LogP contribution is 2.12. The maximum atomic E-state index is 5.13. The summed E-state index contributed by atoms with van der Waals surface area (Å²) in [4.78, 5) is 12.4. The lowest BCUT2D eigenvalue weighted by molar-refractivity contribution is 0.477. The molecule has 6 heteroatoms. The number of hydrogen-bond acceptors (Lipinski definition) is 6. The van der Waals surface area contributed by atoms with E-state index in [1.807, 2.05) is 0 Å². The van der Waals surface area contributed by atoms with Crippen LogP contribution in [0.1, 0.15) is 12.8 Å². The summed E-state index contributed by atoms with van der Waals surface area (Å²) in [6, 6.07) is 0.397. The van der Waals surface area contributed by atoms with Crippen LogP contribution in [0.15, 0.2) is 17.0 Å². The summed E-state index contributed by atoms with van der Waals surface area (Å²) in [6.07, 6.45) is 5.38. The lowest BCUT2D eigenvalue weighted by Crippen LogP contribution is -2.38. The Morgan fingerprint density at radius 3 is 3.31 bits per heavy atom. The topological polar surface area (TPSA) is 75.9 Å². The number of hydrogen-bond donors (Lipinski definition) is 2. The molecule has 1 saturated heterocycles. The first kappa shape index (κ1) is 9.53. The molecule has 2 aromatic heterocycles. The van der Waals surface area contributed by atoms with Crippen LogP contribution in [0, 0.1) is 0 Å². The fraction of sp³-hybridized carbons (Fsp3) is 0.500. The van der Waals surface area contributed by atoms with Crippen molar-refractivity contribution in [2.75, 3.05) is 18.4 Å². The largest absolute Gasteiger partial charge is 0.425 e. The molecule has 1 fully saturated rings. The summed E-state index contributed by atoms with van der Waals surface area (Å²) in [7, 11) is 0. The molecule has 84 valence electrons. The molecule has 0 radical (unpaired) electrons. The van der Waals surface area contributed by atoms with Gasteiger partial charge < -0.3 is 15.1 Å². The second-order valence-corrected chi connectivity index (χ2v) is 3.92. The summed E-state index contributed by atoms with van der Waals surface area (Å²) in [5.74, 6) is 0.609. The van der Waals surface area contributed by atoms with Gasteiger partial charge in [0.2, 0.25) is 5.95 Å². The summed E-state index contributed by atoms with van der Waals surface area (Å²) < 4.78 is 5.13. The minimum atomic E-state index is 0.397. The Kier molecular flexibility index (Phi) is 2.41. The first-order valence-electron chi connectivity index (χ1n) is 5.45. The number of nitrogens with one attached hydrogen (secondary N) is 2. The summed E-state index contributed by atoms with van der Waals surface area (Å²) in [5.41, 5.74) is 1.22. The molecule has 3 heterocycles. The van der Waals surface area contributed by atoms with E-state index in [4.69, 9.17) is 4.42 Å². The second-order valence-electron chi connectivity index (χ2n) is 3.92. The molecule has 1 unspecified atom stereocenters. The van der Waals surface area contributed by atoms with Gasteiger partial charge in [-0.3, -0.25) is 0 Å². The third-order valence-corrected chi connectivity index (χ3v) is 2.72. The number of piperidine rings is 1. The van der Waals surface area contributed by atoms with Crippen molar-refractivity contribution in [3.63, 3.8) is 0 Å². The van der Waals surface area contributed by atoms with E-state index in [1.165, 1.54) is 12.8 Å².